The molecule has 4 N–H and O–H groups in total. The van der Waals surface area contributed by atoms with E-state index in [1.807, 2.05) is 6.07 Å². The van der Waals surface area contributed by atoms with Crippen LogP contribution in [0, 0.1) is 0 Å². The van der Waals surface area contributed by atoms with Crippen LogP contribution in [0.4, 0.5) is 5.69 Å². The van der Waals surface area contributed by atoms with E-state index in [2.05, 4.69) is 21.5 Å². The minimum atomic E-state index is -0.883. The van der Waals surface area contributed by atoms with Crippen molar-refractivity contribution in [2.45, 2.75) is 13.0 Å². The Kier molecular flexibility index (Phi) is 7.65. The van der Waals surface area contributed by atoms with Gasteiger partial charge in [0.25, 0.3) is 17.7 Å². The maximum Gasteiger partial charge on any atom is 0.260 e. The minimum Gasteiger partial charge on any atom is -0.495 e. The number of benzene rings is 2. The second-order valence-electron chi connectivity index (χ2n) is 5.77. The monoisotopic (exact) mass is 404 g/mol. The lowest BCUT2D eigenvalue weighted by atomic mass is 10.2. The van der Waals surface area contributed by atoms with Gasteiger partial charge in [0, 0.05) is 0 Å². The number of para-hydroxylation sites is 2. The van der Waals surface area contributed by atoms with Crippen molar-refractivity contribution in [3.8, 4) is 5.75 Å². The first-order valence-corrected chi connectivity index (χ1v) is 8.81. The first kappa shape index (κ1) is 21.0. The number of methoxy groups -OCH3 is 1. The van der Waals surface area contributed by atoms with Crippen LogP contribution in [-0.2, 0) is 9.59 Å². The first-order valence-electron chi connectivity index (χ1n) is 8.43. The summed E-state index contributed by atoms with van der Waals surface area (Å²) in [7, 11) is 1.53. The molecule has 0 aromatic heterocycles. The number of hydrazine groups is 1. The fraction of sp³-hybridized carbons (Fsp3) is 0.211. The van der Waals surface area contributed by atoms with E-state index >= 15 is 0 Å². The third-order valence-electron chi connectivity index (χ3n) is 3.73. The Morgan fingerprint density at radius 3 is 2.43 bits per heavy atom. The highest BCUT2D eigenvalue weighted by molar-refractivity contribution is 6.33. The van der Waals surface area contributed by atoms with Crippen molar-refractivity contribution < 1.29 is 19.1 Å². The molecule has 0 aliphatic rings. The topological polar surface area (TPSA) is 109 Å². The van der Waals surface area contributed by atoms with Crippen LogP contribution in [0.25, 0.3) is 0 Å². The molecule has 0 bridgehead atoms. The summed E-state index contributed by atoms with van der Waals surface area (Å²) in [5.41, 5.74) is 5.44. The Labute approximate surface area is 167 Å². The number of amides is 3. The summed E-state index contributed by atoms with van der Waals surface area (Å²) in [6.45, 7) is 1.41. The molecule has 1 atom stereocenters. The SMILES string of the molecule is COc1ccccc1NCC(=O)NNC(=O)[C@H](C)NC(=O)c1ccccc1Cl. The average molecular weight is 405 g/mol. The lowest BCUT2D eigenvalue weighted by molar-refractivity contribution is -0.128. The molecule has 28 heavy (non-hydrogen) atoms. The van der Waals surface area contributed by atoms with E-state index in [0.717, 1.165) is 0 Å². The molecule has 0 fully saturated rings. The summed E-state index contributed by atoms with van der Waals surface area (Å²) in [5, 5.41) is 5.70. The van der Waals surface area contributed by atoms with Gasteiger partial charge >= 0.3 is 0 Å². The molecule has 0 spiro atoms. The van der Waals surface area contributed by atoms with Crippen LogP contribution in [0.1, 0.15) is 17.3 Å². The number of hydrogen-bond acceptors (Lipinski definition) is 5. The summed E-state index contributed by atoms with van der Waals surface area (Å²) < 4.78 is 5.18. The third-order valence-corrected chi connectivity index (χ3v) is 4.06. The Morgan fingerprint density at radius 2 is 1.71 bits per heavy atom. The highest BCUT2D eigenvalue weighted by Gasteiger charge is 2.18. The molecule has 0 heterocycles. The standard InChI is InChI=1S/C19H21ClN4O4/c1-12(22-19(27)13-7-3-4-8-14(13)20)18(26)24-23-17(25)11-21-15-9-5-6-10-16(15)28-2/h3-10,12,21H,11H2,1-2H3,(H,22,27)(H,23,25)(H,24,26)/t12-/m0/s1. The molecule has 0 aliphatic carbocycles. The van der Waals surface area contributed by atoms with Gasteiger partial charge in [-0.3, -0.25) is 25.2 Å². The lowest BCUT2D eigenvalue weighted by Gasteiger charge is -2.15. The molecule has 0 radical (unpaired) electrons. The Bertz CT molecular complexity index is 859. The van der Waals surface area contributed by atoms with E-state index in [0.29, 0.717) is 11.4 Å². The van der Waals surface area contributed by atoms with E-state index < -0.39 is 23.8 Å². The zero-order valence-corrected chi connectivity index (χ0v) is 16.2. The molecule has 2 aromatic rings. The van der Waals surface area contributed by atoms with Crippen molar-refractivity contribution in [2.75, 3.05) is 19.0 Å². The van der Waals surface area contributed by atoms with Crippen molar-refractivity contribution in [1.82, 2.24) is 16.2 Å². The van der Waals surface area contributed by atoms with Crippen LogP contribution >= 0.6 is 11.6 Å². The molecular formula is C19H21ClN4O4. The van der Waals surface area contributed by atoms with Gasteiger partial charge in [-0.2, -0.15) is 0 Å². The molecule has 9 heteroatoms. The highest BCUT2D eigenvalue weighted by Crippen LogP contribution is 2.22. The molecule has 0 saturated heterocycles. The summed E-state index contributed by atoms with van der Waals surface area (Å²) >= 11 is 5.96. The number of nitrogens with one attached hydrogen (secondary N) is 4. The predicted molar refractivity (Wildman–Crippen MR) is 106 cm³/mol. The number of halogens is 1. The number of anilines is 1. The Balaban J connectivity index is 1.78. The van der Waals surface area contributed by atoms with Crippen molar-refractivity contribution in [3.63, 3.8) is 0 Å². The minimum absolute atomic E-state index is 0.0823. The van der Waals surface area contributed by atoms with Crippen LogP contribution in [0.15, 0.2) is 48.5 Å². The summed E-state index contributed by atoms with van der Waals surface area (Å²) in [4.78, 5) is 36.1. The average Bonchev–Trinajstić information content (AvgIpc) is 2.70. The first-order chi connectivity index (χ1) is 13.4. The van der Waals surface area contributed by atoms with Gasteiger partial charge in [0.05, 0.1) is 29.9 Å². The molecule has 148 valence electrons. The van der Waals surface area contributed by atoms with E-state index in [4.69, 9.17) is 16.3 Å². The highest BCUT2D eigenvalue weighted by atomic mass is 35.5. The van der Waals surface area contributed by atoms with E-state index in [-0.39, 0.29) is 17.1 Å². The quantitative estimate of drug-likeness (QED) is 0.525. The molecule has 0 unspecified atom stereocenters. The smallest absolute Gasteiger partial charge is 0.260 e. The van der Waals surface area contributed by atoms with E-state index in [1.54, 1.807) is 42.5 Å². The van der Waals surface area contributed by atoms with E-state index in [1.165, 1.54) is 14.0 Å². The maximum atomic E-state index is 12.2. The molecule has 3 amide bonds. The zero-order chi connectivity index (χ0) is 20.5. The molecule has 0 saturated carbocycles. The van der Waals surface area contributed by atoms with Crippen molar-refractivity contribution in [3.05, 3.63) is 59.1 Å². The normalized spacial score (nSPS) is 11.1. The largest absolute Gasteiger partial charge is 0.495 e. The number of carbonyl (C=O) groups is 3. The maximum absolute atomic E-state index is 12.2. The summed E-state index contributed by atoms with van der Waals surface area (Å²) in [5.74, 6) is -0.942. The molecule has 0 aliphatic heterocycles. The third kappa shape index (κ3) is 5.88. The van der Waals surface area contributed by atoms with Gasteiger partial charge in [-0.25, -0.2) is 0 Å². The number of ether oxygens (including phenoxy) is 1. The van der Waals surface area contributed by atoms with Gasteiger partial charge in [0.2, 0.25) is 0 Å². The zero-order valence-electron chi connectivity index (χ0n) is 15.4. The van der Waals surface area contributed by atoms with Gasteiger partial charge in [-0.05, 0) is 31.2 Å². The van der Waals surface area contributed by atoms with Crippen LogP contribution in [-0.4, -0.2) is 37.4 Å². The van der Waals surface area contributed by atoms with Crippen molar-refractivity contribution in [2.24, 2.45) is 0 Å². The number of hydrogen-bond donors (Lipinski definition) is 4. The van der Waals surface area contributed by atoms with Crippen LogP contribution in [0.5, 0.6) is 5.75 Å². The van der Waals surface area contributed by atoms with E-state index in [9.17, 15) is 14.4 Å². The van der Waals surface area contributed by atoms with Gasteiger partial charge in [-0.15, -0.1) is 0 Å². The fourth-order valence-electron chi connectivity index (χ4n) is 2.24. The van der Waals surface area contributed by atoms with Gasteiger partial charge in [0.1, 0.15) is 11.8 Å². The van der Waals surface area contributed by atoms with Gasteiger partial charge in [0.15, 0.2) is 0 Å². The molecular weight excluding hydrogens is 384 g/mol. The summed E-state index contributed by atoms with van der Waals surface area (Å²) in [6, 6.07) is 12.7. The predicted octanol–water partition coefficient (Wildman–Crippen LogP) is 1.73. The Hall–Kier alpha value is -3.26. The number of carbonyl (C=O) groups excluding carboxylic acids is 3. The van der Waals surface area contributed by atoms with Crippen molar-refractivity contribution >= 4 is 35.0 Å². The van der Waals surface area contributed by atoms with Crippen LogP contribution < -0.4 is 26.2 Å². The summed E-state index contributed by atoms with van der Waals surface area (Å²) in [6.07, 6.45) is 0. The van der Waals surface area contributed by atoms with Crippen LogP contribution in [0.2, 0.25) is 5.02 Å². The Morgan fingerprint density at radius 1 is 1.04 bits per heavy atom. The van der Waals surface area contributed by atoms with Gasteiger partial charge in [-0.1, -0.05) is 35.9 Å². The number of rotatable bonds is 7. The second kappa shape index (κ2) is 10.2. The second-order valence-corrected chi connectivity index (χ2v) is 6.17. The lowest BCUT2D eigenvalue weighted by Crippen LogP contribution is -2.52. The molecule has 2 aromatic carbocycles. The van der Waals surface area contributed by atoms with Crippen LogP contribution in [0.3, 0.4) is 0 Å². The molecule has 2 rings (SSSR count). The molecule has 8 nitrogen and oxygen atoms in total. The van der Waals surface area contributed by atoms with Gasteiger partial charge < -0.3 is 15.4 Å². The fourth-order valence-corrected chi connectivity index (χ4v) is 2.46. The van der Waals surface area contributed by atoms with Crippen molar-refractivity contribution in [1.29, 1.82) is 0 Å².